The van der Waals surface area contributed by atoms with Crippen molar-refractivity contribution in [3.63, 3.8) is 0 Å². The second-order valence-electron chi connectivity index (χ2n) is 7.06. The van der Waals surface area contributed by atoms with Crippen LogP contribution in [0.4, 0.5) is 20.6 Å². The van der Waals surface area contributed by atoms with Crippen molar-refractivity contribution < 1.29 is 18.7 Å². The molecule has 3 heterocycles. The molecule has 2 saturated heterocycles. The van der Waals surface area contributed by atoms with Gasteiger partial charge in [0.05, 0.1) is 33.7 Å². The molecular formula is C19H20ClFN4O3S. The number of nitrogens with one attached hydrogen (secondary N) is 1. The van der Waals surface area contributed by atoms with Gasteiger partial charge in [0.25, 0.3) is 5.91 Å². The molecule has 2 fully saturated rings. The molecule has 154 valence electrons. The molecule has 4 rings (SSSR count). The lowest BCUT2D eigenvalue weighted by Gasteiger charge is -2.20. The highest BCUT2D eigenvalue weighted by Crippen LogP contribution is 2.29. The Morgan fingerprint density at radius 2 is 2.17 bits per heavy atom. The minimum absolute atomic E-state index is 0.0452. The van der Waals surface area contributed by atoms with E-state index in [9.17, 15) is 14.0 Å². The summed E-state index contributed by atoms with van der Waals surface area (Å²) in [5, 5.41) is 2.72. The second kappa shape index (κ2) is 8.17. The van der Waals surface area contributed by atoms with Crippen LogP contribution in [0.15, 0.2) is 30.3 Å². The van der Waals surface area contributed by atoms with Crippen molar-refractivity contribution in [3.8, 4) is 0 Å². The summed E-state index contributed by atoms with van der Waals surface area (Å²) in [6.45, 7) is 1.69. The zero-order valence-electron chi connectivity index (χ0n) is 15.4. The average Bonchev–Trinajstić information content (AvgIpc) is 3.40. The van der Waals surface area contributed by atoms with Crippen molar-refractivity contribution in [3.05, 3.63) is 45.4 Å². The van der Waals surface area contributed by atoms with Crippen molar-refractivity contribution in [1.29, 1.82) is 0 Å². The maximum Gasteiger partial charge on any atom is 0.414 e. The molecule has 1 aromatic carbocycles. The molecule has 1 unspecified atom stereocenters. The summed E-state index contributed by atoms with van der Waals surface area (Å²) in [7, 11) is 0. The molecule has 2 aliphatic rings. The summed E-state index contributed by atoms with van der Waals surface area (Å²) in [6, 6.07) is 8.00. The van der Waals surface area contributed by atoms with E-state index in [0.29, 0.717) is 33.7 Å². The summed E-state index contributed by atoms with van der Waals surface area (Å²) >= 11 is 7.00. The van der Waals surface area contributed by atoms with E-state index in [0.717, 1.165) is 6.42 Å². The van der Waals surface area contributed by atoms with Crippen LogP contribution in [0, 0.1) is 5.82 Å². The van der Waals surface area contributed by atoms with Crippen LogP contribution in [0.2, 0.25) is 4.34 Å². The van der Waals surface area contributed by atoms with Gasteiger partial charge in [-0.1, -0.05) is 11.6 Å². The second-order valence-corrected chi connectivity index (χ2v) is 8.78. The van der Waals surface area contributed by atoms with E-state index in [1.807, 2.05) is 4.90 Å². The molecule has 2 atom stereocenters. The molecule has 0 spiro atoms. The first-order chi connectivity index (χ1) is 13.9. The molecule has 0 aliphatic carbocycles. The van der Waals surface area contributed by atoms with Crippen LogP contribution in [-0.4, -0.2) is 50.3 Å². The third-order valence-electron chi connectivity index (χ3n) is 4.97. The number of benzene rings is 1. The molecule has 2 aromatic rings. The Morgan fingerprint density at radius 1 is 1.34 bits per heavy atom. The number of thiophene rings is 1. The summed E-state index contributed by atoms with van der Waals surface area (Å²) in [5.41, 5.74) is 6.79. The minimum atomic E-state index is -0.571. The maximum atomic E-state index is 14.6. The number of anilines is 2. The van der Waals surface area contributed by atoms with Gasteiger partial charge in [0.2, 0.25) is 0 Å². The lowest BCUT2D eigenvalue weighted by Crippen LogP contribution is -2.34. The number of rotatable bonds is 5. The van der Waals surface area contributed by atoms with Crippen molar-refractivity contribution in [2.24, 2.45) is 5.73 Å². The average molecular weight is 439 g/mol. The Labute approximate surface area is 176 Å². The van der Waals surface area contributed by atoms with E-state index in [2.05, 4.69) is 5.32 Å². The number of ether oxygens (including phenoxy) is 1. The van der Waals surface area contributed by atoms with Gasteiger partial charge in [-0.3, -0.25) is 9.69 Å². The molecule has 0 radical (unpaired) electrons. The molecule has 1 aromatic heterocycles. The van der Waals surface area contributed by atoms with E-state index in [1.54, 1.807) is 24.3 Å². The Kier molecular flexibility index (Phi) is 5.62. The molecule has 29 heavy (non-hydrogen) atoms. The normalized spacial score (nSPS) is 21.6. The Balaban J connectivity index is 1.37. The highest BCUT2D eigenvalue weighted by molar-refractivity contribution is 7.17. The first-order valence-corrected chi connectivity index (χ1v) is 10.4. The quantitative estimate of drug-likeness (QED) is 0.749. The number of cyclic esters (lactones) is 1. The van der Waals surface area contributed by atoms with E-state index in [1.165, 1.54) is 22.3 Å². The van der Waals surface area contributed by atoms with Crippen LogP contribution in [0.1, 0.15) is 16.1 Å². The number of amides is 2. The SMILES string of the molecule is NC1CCN(c2ccc(N3C[C@H](CNC(=O)c4ccc(Cl)s4)OC3=O)cc2F)C1. The number of hydrogen-bond donors (Lipinski definition) is 2. The highest BCUT2D eigenvalue weighted by Gasteiger charge is 2.33. The summed E-state index contributed by atoms with van der Waals surface area (Å²) < 4.78 is 20.4. The molecule has 10 heteroatoms. The molecule has 0 bridgehead atoms. The van der Waals surface area contributed by atoms with Crippen molar-refractivity contribution >= 4 is 46.3 Å². The zero-order chi connectivity index (χ0) is 20.5. The van der Waals surface area contributed by atoms with Crippen LogP contribution < -0.4 is 20.9 Å². The van der Waals surface area contributed by atoms with Gasteiger partial charge in [-0.25, -0.2) is 9.18 Å². The summed E-state index contributed by atoms with van der Waals surface area (Å²) in [6.07, 6.45) is -0.273. The van der Waals surface area contributed by atoms with E-state index >= 15 is 0 Å². The first-order valence-electron chi connectivity index (χ1n) is 9.22. The Bertz CT molecular complexity index is 940. The summed E-state index contributed by atoms with van der Waals surface area (Å²) in [4.78, 5) is 28.1. The predicted molar refractivity (Wildman–Crippen MR) is 110 cm³/mol. The first kappa shape index (κ1) is 19.9. The predicted octanol–water partition coefficient (Wildman–Crippen LogP) is 2.83. The fourth-order valence-electron chi connectivity index (χ4n) is 3.49. The van der Waals surface area contributed by atoms with Crippen LogP contribution in [-0.2, 0) is 4.74 Å². The van der Waals surface area contributed by atoms with Gasteiger partial charge >= 0.3 is 6.09 Å². The van der Waals surface area contributed by atoms with E-state index < -0.39 is 18.0 Å². The third-order valence-corrected chi connectivity index (χ3v) is 6.20. The molecule has 7 nitrogen and oxygen atoms in total. The lowest BCUT2D eigenvalue weighted by molar-refractivity contribution is 0.0920. The van der Waals surface area contributed by atoms with Gasteiger partial charge in [-0.15, -0.1) is 11.3 Å². The van der Waals surface area contributed by atoms with Crippen LogP contribution in [0.3, 0.4) is 0 Å². The van der Waals surface area contributed by atoms with Gasteiger partial charge in [-0.05, 0) is 36.8 Å². The standard InChI is InChI=1S/C19H20ClFN4O3S/c20-17-4-3-16(29-17)18(26)23-8-13-10-25(19(27)28-13)12-1-2-15(14(21)7-12)24-6-5-11(22)9-24/h1-4,7,11,13H,5-6,8-10,22H2,(H,23,26)/t11?,13-/m0/s1. The monoisotopic (exact) mass is 438 g/mol. The lowest BCUT2D eigenvalue weighted by atomic mass is 10.2. The van der Waals surface area contributed by atoms with Crippen molar-refractivity contribution in [2.45, 2.75) is 18.6 Å². The van der Waals surface area contributed by atoms with Gasteiger partial charge in [0.1, 0.15) is 11.9 Å². The van der Waals surface area contributed by atoms with Crippen LogP contribution in [0.25, 0.3) is 0 Å². The van der Waals surface area contributed by atoms with Gasteiger partial charge in [0, 0.05) is 19.1 Å². The Morgan fingerprint density at radius 3 is 2.83 bits per heavy atom. The highest BCUT2D eigenvalue weighted by atomic mass is 35.5. The molecule has 3 N–H and O–H groups in total. The van der Waals surface area contributed by atoms with Gasteiger partial charge in [0.15, 0.2) is 0 Å². The molecule has 2 amide bonds. The summed E-state index contributed by atoms with van der Waals surface area (Å²) in [5.74, 6) is -0.689. The van der Waals surface area contributed by atoms with E-state index in [4.69, 9.17) is 22.1 Å². The molecular weight excluding hydrogens is 419 g/mol. The number of nitrogens with two attached hydrogens (primary N) is 1. The number of hydrogen-bond acceptors (Lipinski definition) is 6. The number of halogens is 2. The fraction of sp³-hybridized carbons (Fsp3) is 0.368. The van der Waals surface area contributed by atoms with Gasteiger partial charge in [-0.2, -0.15) is 0 Å². The smallest absolute Gasteiger partial charge is 0.414 e. The van der Waals surface area contributed by atoms with Crippen LogP contribution >= 0.6 is 22.9 Å². The number of carbonyl (C=O) groups is 2. The number of nitrogens with zero attached hydrogens (tertiary/aromatic N) is 2. The zero-order valence-corrected chi connectivity index (χ0v) is 17.0. The largest absolute Gasteiger partial charge is 0.442 e. The molecule has 2 aliphatic heterocycles. The third kappa shape index (κ3) is 4.31. The fourth-order valence-corrected chi connectivity index (χ4v) is 4.45. The maximum absolute atomic E-state index is 14.6. The number of carbonyl (C=O) groups excluding carboxylic acids is 2. The van der Waals surface area contributed by atoms with Crippen LogP contribution in [0.5, 0.6) is 0 Å². The minimum Gasteiger partial charge on any atom is -0.442 e. The van der Waals surface area contributed by atoms with E-state index in [-0.39, 0.29) is 25.0 Å². The topological polar surface area (TPSA) is 87.9 Å². The molecule has 0 saturated carbocycles. The van der Waals surface area contributed by atoms with Crippen molar-refractivity contribution in [1.82, 2.24) is 5.32 Å². The van der Waals surface area contributed by atoms with Crippen molar-refractivity contribution in [2.75, 3.05) is 36.0 Å². The Hall–Kier alpha value is -2.36. The van der Waals surface area contributed by atoms with Gasteiger partial charge < -0.3 is 20.7 Å².